The molecule has 0 radical (unpaired) electrons. The van der Waals surface area contributed by atoms with Crippen molar-refractivity contribution in [3.05, 3.63) is 34.4 Å². The predicted octanol–water partition coefficient (Wildman–Crippen LogP) is 4.19. The highest BCUT2D eigenvalue weighted by Crippen LogP contribution is 2.25. The van der Waals surface area contributed by atoms with Crippen molar-refractivity contribution >= 4 is 0 Å². The summed E-state index contributed by atoms with van der Waals surface area (Å²) in [7, 11) is 0. The lowest BCUT2D eigenvalue weighted by molar-refractivity contribution is 0.577. The van der Waals surface area contributed by atoms with Crippen molar-refractivity contribution in [1.82, 2.24) is 0 Å². The molecule has 0 amide bonds. The summed E-state index contributed by atoms with van der Waals surface area (Å²) in [5, 5.41) is 0. The number of aryl methyl sites for hydroxylation is 3. The highest BCUT2D eigenvalue weighted by molar-refractivity contribution is 5.39. The summed E-state index contributed by atoms with van der Waals surface area (Å²) in [6.07, 6.45) is 4.90. The minimum absolute atomic E-state index is 0.215. The summed E-state index contributed by atoms with van der Waals surface area (Å²) in [4.78, 5) is 0. The minimum atomic E-state index is 0.215. The Kier molecular flexibility index (Phi) is 5.01. The van der Waals surface area contributed by atoms with Gasteiger partial charge in [0.05, 0.1) is 0 Å². The third-order valence-electron chi connectivity index (χ3n) is 3.23. The Morgan fingerprint density at radius 1 is 1.06 bits per heavy atom. The zero-order valence-corrected chi connectivity index (χ0v) is 11.1. The van der Waals surface area contributed by atoms with Crippen LogP contribution in [0.2, 0.25) is 0 Å². The number of nitrogens with two attached hydrogens (primary N) is 1. The van der Waals surface area contributed by atoms with E-state index in [1.807, 2.05) is 0 Å². The van der Waals surface area contributed by atoms with Crippen LogP contribution in [0.1, 0.15) is 60.9 Å². The molecule has 2 N–H and O–H groups in total. The second-order valence-corrected chi connectivity index (χ2v) is 4.91. The molecule has 0 spiro atoms. The molecule has 0 saturated heterocycles. The van der Waals surface area contributed by atoms with Crippen molar-refractivity contribution in [1.29, 1.82) is 0 Å². The monoisotopic (exact) mass is 219 g/mol. The largest absolute Gasteiger partial charge is 0.324 e. The topological polar surface area (TPSA) is 26.0 Å². The Labute approximate surface area is 100 Å². The molecule has 1 aromatic carbocycles. The maximum absolute atomic E-state index is 6.29. The lowest BCUT2D eigenvalue weighted by Crippen LogP contribution is -2.13. The number of hydrogen-bond donors (Lipinski definition) is 1. The second-order valence-electron chi connectivity index (χ2n) is 4.91. The number of rotatable bonds is 5. The first-order chi connectivity index (χ1) is 7.56. The first-order valence-electron chi connectivity index (χ1n) is 6.39. The van der Waals surface area contributed by atoms with E-state index in [4.69, 9.17) is 5.73 Å². The summed E-state index contributed by atoms with van der Waals surface area (Å²) in [6.45, 7) is 8.73. The molecule has 16 heavy (non-hydrogen) atoms. The average Bonchev–Trinajstić information content (AvgIpc) is 2.16. The zero-order valence-electron chi connectivity index (χ0n) is 11.1. The molecule has 1 heteroatoms. The standard InChI is InChI=1S/C15H25N/c1-5-6-7-8-14(16)15-12(3)9-11(2)10-13(15)4/h9-10,14H,5-8,16H2,1-4H3/t14-/m0/s1. The summed E-state index contributed by atoms with van der Waals surface area (Å²) in [5.41, 5.74) is 11.7. The van der Waals surface area contributed by atoms with E-state index in [2.05, 4.69) is 39.8 Å². The van der Waals surface area contributed by atoms with Gasteiger partial charge < -0.3 is 5.73 Å². The van der Waals surface area contributed by atoms with E-state index in [1.54, 1.807) is 0 Å². The van der Waals surface area contributed by atoms with Crippen LogP contribution in [-0.2, 0) is 0 Å². The van der Waals surface area contributed by atoms with Crippen LogP contribution in [0.3, 0.4) is 0 Å². The Hall–Kier alpha value is -0.820. The number of unbranched alkanes of at least 4 members (excludes halogenated alkanes) is 2. The summed E-state index contributed by atoms with van der Waals surface area (Å²) < 4.78 is 0. The van der Waals surface area contributed by atoms with Gasteiger partial charge in [0, 0.05) is 6.04 Å². The quantitative estimate of drug-likeness (QED) is 0.738. The van der Waals surface area contributed by atoms with Crippen molar-refractivity contribution in [2.45, 2.75) is 59.4 Å². The fourth-order valence-electron chi connectivity index (χ4n) is 2.53. The Balaban J connectivity index is 2.78. The van der Waals surface area contributed by atoms with E-state index in [9.17, 15) is 0 Å². The second kappa shape index (κ2) is 6.05. The fourth-order valence-corrected chi connectivity index (χ4v) is 2.53. The van der Waals surface area contributed by atoms with E-state index < -0.39 is 0 Å². The fraction of sp³-hybridized carbons (Fsp3) is 0.600. The van der Waals surface area contributed by atoms with Crippen LogP contribution in [0.4, 0.5) is 0 Å². The molecule has 0 heterocycles. The molecule has 0 unspecified atom stereocenters. The molecule has 0 bridgehead atoms. The molecule has 0 aliphatic rings. The Morgan fingerprint density at radius 3 is 2.12 bits per heavy atom. The molecule has 0 aromatic heterocycles. The van der Waals surface area contributed by atoms with Crippen LogP contribution in [-0.4, -0.2) is 0 Å². The summed E-state index contributed by atoms with van der Waals surface area (Å²) >= 11 is 0. The Bertz CT molecular complexity index is 318. The Morgan fingerprint density at radius 2 is 1.62 bits per heavy atom. The molecule has 90 valence electrons. The van der Waals surface area contributed by atoms with Gasteiger partial charge in [0.15, 0.2) is 0 Å². The molecule has 0 aliphatic carbocycles. The van der Waals surface area contributed by atoms with E-state index in [0.29, 0.717) is 0 Å². The van der Waals surface area contributed by atoms with E-state index in [-0.39, 0.29) is 6.04 Å². The van der Waals surface area contributed by atoms with Gasteiger partial charge >= 0.3 is 0 Å². The van der Waals surface area contributed by atoms with E-state index in [1.165, 1.54) is 41.5 Å². The molecule has 0 aliphatic heterocycles. The normalized spacial score (nSPS) is 12.8. The first kappa shape index (κ1) is 13.2. The predicted molar refractivity (Wildman–Crippen MR) is 71.7 cm³/mol. The number of benzene rings is 1. The summed E-state index contributed by atoms with van der Waals surface area (Å²) in [5.74, 6) is 0. The average molecular weight is 219 g/mol. The summed E-state index contributed by atoms with van der Waals surface area (Å²) in [6, 6.07) is 4.69. The van der Waals surface area contributed by atoms with Gasteiger partial charge in [-0.3, -0.25) is 0 Å². The maximum Gasteiger partial charge on any atom is 0.0300 e. The smallest absolute Gasteiger partial charge is 0.0300 e. The van der Waals surface area contributed by atoms with Gasteiger partial charge in [-0.15, -0.1) is 0 Å². The lowest BCUT2D eigenvalue weighted by Gasteiger charge is -2.18. The van der Waals surface area contributed by atoms with Gasteiger partial charge in [0.1, 0.15) is 0 Å². The first-order valence-corrected chi connectivity index (χ1v) is 6.39. The molecule has 0 fully saturated rings. The van der Waals surface area contributed by atoms with E-state index in [0.717, 1.165) is 6.42 Å². The molecule has 1 atom stereocenters. The molecule has 1 aromatic rings. The van der Waals surface area contributed by atoms with Crippen molar-refractivity contribution in [2.24, 2.45) is 5.73 Å². The van der Waals surface area contributed by atoms with Gasteiger partial charge in [-0.25, -0.2) is 0 Å². The minimum Gasteiger partial charge on any atom is -0.324 e. The van der Waals surface area contributed by atoms with Gasteiger partial charge in [-0.1, -0.05) is 43.9 Å². The third kappa shape index (κ3) is 3.34. The van der Waals surface area contributed by atoms with Gasteiger partial charge in [0.25, 0.3) is 0 Å². The van der Waals surface area contributed by atoms with Crippen molar-refractivity contribution in [3.63, 3.8) is 0 Å². The number of hydrogen-bond acceptors (Lipinski definition) is 1. The molecule has 1 rings (SSSR count). The van der Waals surface area contributed by atoms with E-state index >= 15 is 0 Å². The van der Waals surface area contributed by atoms with Crippen LogP contribution in [0.25, 0.3) is 0 Å². The lowest BCUT2D eigenvalue weighted by atomic mass is 9.92. The molecule has 1 nitrogen and oxygen atoms in total. The van der Waals surface area contributed by atoms with Gasteiger partial charge in [0.2, 0.25) is 0 Å². The van der Waals surface area contributed by atoms with Crippen molar-refractivity contribution in [3.8, 4) is 0 Å². The van der Waals surface area contributed by atoms with Gasteiger partial charge in [-0.2, -0.15) is 0 Å². The van der Waals surface area contributed by atoms with Crippen LogP contribution in [0.5, 0.6) is 0 Å². The highest BCUT2D eigenvalue weighted by Gasteiger charge is 2.11. The third-order valence-corrected chi connectivity index (χ3v) is 3.23. The maximum atomic E-state index is 6.29. The molecule has 0 saturated carbocycles. The van der Waals surface area contributed by atoms with Crippen LogP contribution in [0.15, 0.2) is 12.1 Å². The van der Waals surface area contributed by atoms with Crippen LogP contribution in [0, 0.1) is 20.8 Å². The van der Waals surface area contributed by atoms with Crippen molar-refractivity contribution < 1.29 is 0 Å². The molecular formula is C15H25N. The van der Waals surface area contributed by atoms with Crippen LogP contribution < -0.4 is 5.73 Å². The zero-order chi connectivity index (χ0) is 12.1. The van der Waals surface area contributed by atoms with Crippen LogP contribution >= 0.6 is 0 Å². The van der Waals surface area contributed by atoms with Crippen molar-refractivity contribution in [2.75, 3.05) is 0 Å². The highest BCUT2D eigenvalue weighted by atomic mass is 14.6. The van der Waals surface area contributed by atoms with Gasteiger partial charge in [-0.05, 0) is 43.9 Å². The molecular weight excluding hydrogens is 194 g/mol. The SMILES string of the molecule is CCCCC[C@H](N)c1c(C)cc(C)cc1C.